The predicted molar refractivity (Wildman–Crippen MR) is 64.1 cm³/mol. The summed E-state index contributed by atoms with van der Waals surface area (Å²) < 4.78 is 1.15. The number of carbonyl (C=O) groups is 2. The number of hydrogen-bond acceptors (Lipinski definition) is 2. The summed E-state index contributed by atoms with van der Waals surface area (Å²) in [7, 11) is 0. The third-order valence-electron chi connectivity index (χ3n) is 2.14. The number of carbonyl (C=O) groups excluding carboxylic acids is 2. The topological polar surface area (TPSA) is 46.2 Å². The maximum Gasteiger partial charge on any atom is 0.254 e. The number of imide groups is 1. The first-order valence-corrected chi connectivity index (χ1v) is 5.53. The molecule has 76 valence electrons. The van der Waals surface area contributed by atoms with Gasteiger partial charge in [0.2, 0.25) is 0 Å². The lowest BCUT2D eigenvalue weighted by Gasteiger charge is -2.00. The van der Waals surface area contributed by atoms with Crippen LogP contribution in [0.15, 0.2) is 35.9 Å². The van der Waals surface area contributed by atoms with Crippen LogP contribution in [0.4, 0.5) is 0 Å². The number of rotatable bonds is 2. The summed E-state index contributed by atoms with van der Waals surface area (Å²) >= 11 is 2.22. The van der Waals surface area contributed by atoms with Crippen molar-refractivity contribution in [2.45, 2.75) is 6.42 Å². The molecule has 1 aromatic carbocycles. The molecule has 0 saturated carbocycles. The zero-order chi connectivity index (χ0) is 10.8. The van der Waals surface area contributed by atoms with Crippen molar-refractivity contribution in [2.75, 3.05) is 0 Å². The smallest absolute Gasteiger partial charge is 0.254 e. The van der Waals surface area contributed by atoms with Gasteiger partial charge in [0.1, 0.15) is 0 Å². The summed E-state index contributed by atoms with van der Waals surface area (Å²) in [6.45, 7) is 0. The summed E-state index contributed by atoms with van der Waals surface area (Å²) in [5.74, 6) is -0.598. The molecular formula is C11H8INO2. The Hall–Kier alpha value is -1.17. The van der Waals surface area contributed by atoms with Crippen LogP contribution in [0.3, 0.4) is 0 Å². The second-order valence-corrected chi connectivity index (χ2v) is 4.54. The second kappa shape index (κ2) is 4.14. The maximum atomic E-state index is 11.3. The fraction of sp³-hybridized carbons (Fsp3) is 0.0909. The molecule has 0 bridgehead atoms. The Bertz CT molecular complexity index is 448. The Balaban J connectivity index is 2.16. The van der Waals surface area contributed by atoms with Crippen molar-refractivity contribution in [2.24, 2.45) is 0 Å². The zero-order valence-corrected chi connectivity index (χ0v) is 9.95. The normalized spacial score (nSPS) is 15.1. The molecule has 0 spiro atoms. The predicted octanol–water partition coefficient (Wildman–Crippen LogP) is 1.42. The average molecular weight is 313 g/mol. The average Bonchev–Trinajstić information content (AvgIpc) is 2.49. The second-order valence-electron chi connectivity index (χ2n) is 3.29. The van der Waals surface area contributed by atoms with Crippen LogP contribution in [0.2, 0.25) is 0 Å². The van der Waals surface area contributed by atoms with Crippen molar-refractivity contribution in [1.29, 1.82) is 0 Å². The molecule has 0 aromatic heterocycles. The lowest BCUT2D eigenvalue weighted by molar-refractivity contribution is -0.123. The standard InChI is InChI=1S/C11H8INO2/c12-9-3-1-7(2-4-9)5-8-6-10(14)13-11(8)15/h1-4,6H,5H2,(H,13,14,15). The number of amides is 2. The van der Waals surface area contributed by atoms with Crippen LogP contribution in [0.5, 0.6) is 0 Å². The molecule has 2 rings (SSSR count). The Morgan fingerprint density at radius 3 is 2.33 bits per heavy atom. The van der Waals surface area contributed by atoms with E-state index in [1.165, 1.54) is 6.08 Å². The first kappa shape index (κ1) is 10.4. The Morgan fingerprint density at radius 1 is 1.13 bits per heavy atom. The highest BCUT2D eigenvalue weighted by molar-refractivity contribution is 14.1. The van der Waals surface area contributed by atoms with E-state index < -0.39 is 0 Å². The van der Waals surface area contributed by atoms with E-state index in [0.29, 0.717) is 12.0 Å². The molecule has 0 unspecified atom stereocenters. The van der Waals surface area contributed by atoms with Gasteiger partial charge in [0, 0.05) is 21.6 Å². The SMILES string of the molecule is O=C1C=C(Cc2ccc(I)cc2)C(=O)N1. The number of nitrogens with one attached hydrogen (secondary N) is 1. The highest BCUT2D eigenvalue weighted by Crippen LogP contribution is 2.13. The molecule has 1 heterocycles. The zero-order valence-electron chi connectivity index (χ0n) is 7.79. The van der Waals surface area contributed by atoms with Crippen molar-refractivity contribution in [3.05, 3.63) is 45.0 Å². The fourth-order valence-corrected chi connectivity index (χ4v) is 1.77. The first-order valence-electron chi connectivity index (χ1n) is 4.45. The van der Waals surface area contributed by atoms with Gasteiger partial charge in [-0.1, -0.05) is 12.1 Å². The first-order chi connectivity index (χ1) is 7.15. The van der Waals surface area contributed by atoms with Crippen molar-refractivity contribution < 1.29 is 9.59 Å². The fourth-order valence-electron chi connectivity index (χ4n) is 1.41. The van der Waals surface area contributed by atoms with Gasteiger partial charge in [-0.05, 0) is 40.3 Å². The van der Waals surface area contributed by atoms with E-state index in [0.717, 1.165) is 9.13 Å². The molecule has 1 N–H and O–H groups in total. The van der Waals surface area contributed by atoms with Crippen LogP contribution in [0, 0.1) is 3.57 Å². The molecule has 15 heavy (non-hydrogen) atoms. The summed E-state index contributed by atoms with van der Waals surface area (Å²) in [5.41, 5.74) is 1.56. The minimum atomic E-state index is -0.319. The van der Waals surface area contributed by atoms with E-state index in [1.807, 2.05) is 24.3 Å². The van der Waals surface area contributed by atoms with Crippen LogP contribution in [-0.4, -0.2) is 11.8 Å². The third kappa shape index (κ3) is 2.44. The van der Waals surface area contributed by atoms with Gasteiger partial charge in [0.05, 0.1) is 0 Å². The Labute approximate surface area is 101 Å². The number of hydrogen-bond donors (Lipinski definition) is 1. The Morgan fingerprint density at radius 2 is 1.80 bits per heavy atom. The highest BCUT2D eigenvalue weighted by Gasteiger charge is 2.20. The van der Waals surface area contributed by atoms with E-state index >= 15 is 0 Å². The maximum absolute atomic E-state index is 11.3. The summed E-state index contributed by atoms with van der Waals surface area (Å²) in [4.78, 5) is 22.2. The minimum absolute atomic E-state index is 0.279. The molecule has 0 atom stereocenters. The molecule has 0 saturated heterocycles. The van der Waals surface area contributed by atoms with Crippen molar-refractivity contribution in [3.8, 4) is 0 Å². The highest BCUT2D eigenvalue weighted by atomic mass is 127. The summed E-state index contributed by atoms with van der Waals surface area (Å²) in [5, 5.41) is 2.23. The lowest BCUT2D eigenvalue weighted by atomic mass is 10.1. The van der Waals surface area contributed by atoms with Crippen LogP contribution < -0.4 is 5.32 Å². The molecule has 2 amide bonds. The molecule has 1 aliphatic heterocycles. The van der Waals surface area contributed by atoms with Gasteiger partial charge in [0.15, 0.2) is 0 Å². The molecule has 1 aliphatic rings. The third-order valence-corrected chi connectivity index (χ3v) is 2.86. The van der Waals surface area contributed by atoms with E-state index in [1.54, 1.807) is 0 Å². The molecule has 0 aliphatic carbocycles. The molecule has 1 aromatic rings. The quantitative estimate of drug-likeness (QED) is 0.663. The van der Waals surface area contributed by atoms with Gasteiger partial charge < -0.3 is 0 Å². The van der Waals surface area contributed by atoms with Crippen molar-refractivity contribution in [1.82, 2.24) is 5.32 Å². The summed E-state index contributed by atoms with van der Waals surface area (Å²) in [6, 6.07) is 7.87. The molecule has 4 heteroatoms. The van der Waals surface area contributed by atoms with E-state index in [-0.39, 0.29) is 11.8 Å². The van der Waals surface area contributed by atoms with E-state index in [4.69, 9.17) is 0 Å². The van der Waals surface area contributed by atoms with Crippen molar-refractivity contribution in [3.63, 3.8) is 0 Å². The van der Waals surface area contributed by atoms with Crippen LogP contribution >= 0.6 is 22.6 Å². The van der Waals surface area contributed by atoms with Gasteiger partial charge >= 0.3 is 0 Å². The van der Waals surface area contributed by atoms with E-state index in [9.17, 15) is 9.59 Å². The number of halogens is 1. The molecular weight excluding hydrogens is 305 g/mol. The monoisotopic (exact) mass is 313 g/mol. The van der Waals surface area contributed by atoms with Gasteiger partial charge in [-0.2, -0.15) is 0 Å². The van der Waals surface area contributed by atoms with E-state index in [2.05, 4.69) is 27.9 Å². The van der Waals surface area contributed by atoms with Crippen molar-refractivity contribution >= 4 is 34.4 Å². The van der Waals surface area contributed by atoms with Gasteiger partial charge in [-0.15, -0.1) is 0 Å². The largest absolute Gasteiger partial charge is 0.289 e. The molecule has 0 radical (unpaired) electrons. The minimum Gasteiger partial charge on any atom is -0.289 e. The number of benzene rings is 1. The summed E-state index contributed by atoms with van der Waals surface area (Å²) in [6.07, 6.45) is 1.87. The van der Waals surface area contributed by atoms with Gasteiger partial charge in [-0.25, -0.2) is 0 Å². The molecule has 0 fully saturated rings. The van der Waals surface area contributed by atoms with Crippen LogP contribution in [-0.2, 0) is 16.0 Å². The van der Waals surface area contributed by atoms with Crippen LogP contribution in [0.1, 0.15) is 5.56 Å². The Kier molecular flexibility index (Phi) is 2.86. The van der Waals surface area contributed by atoms with Crippen LogP contribution in [0.25, 0.3) is 0 Å². The van der Waals surface area contributed by atoms with Gasteiger partial charge in [-0.3, -0.25) is 14.9 Å². The lowest BCUT2D eigenvalue weighted by Crippen LogP contribution is -2.22. The molecule has 3 nitrogen and oxygen atoms in total. The van der Waals surface area contributed by atoms with Gasteiger partial charge in [0.25, 0.3) is 11.8 Å².